The van der Waals surface area contributed by atoms with Crippen molar-refractivity contribution in [2.45, 2.75) is 12.5 Å². The van der Waals surface area contributed by atoms with E-state index >= 15 is 0 Å². The first kappa shape index (κ1) is 13.1. The van der Waals surface area contributed by atoms with Crippen LogP contribution in [0.2, 0.25) is 0 Å². The Labute approximate surface area is 123 Å². The molecule has 0 saturated carbocycles. The minimum absolute atomic E-state index is 0.107. The SMILES string of the molecule is O=C(c1cc[nH]c(=O)c1)N1CCC(n2cc(Br)cn2)C1. The summed E-state index contributed by atoms with van der Waals surface area (Å²) in [6.07, 6.45) is 6.00. The average Bonchev–Trinajstić information content (AvgIpc) is 3.06. The number of nitrogens with zero attached hydrogens (tertiary/aromatic N) is 3. The van der Waals surface area contributed by atoms with Gasteiger partial charge in [0.25, 0.3) is 5.91 Å². The Kier molecular flexibility index (Phi) is 3.43. The van der Waals surface area contributed by atoms with Crippen LogP contribution < -0.4 is 5.56 Å². The molecule has 6 nitrogen and oxygen atoms in total. The lowest BCUT2D eigenvalue weighted by molar-refractivity contribution is 0.0787. The highest BCUT2D eigenvalue weighted by Crippen LogP contribution is 2.23. The third-order valence-corrected chi connectivity index (χ3v) is 3.83. The molecule has 1 unspecified atom stereocenters. The summed E-state index contributed by atoms with van der Waals surface area (Å²) < 4.78 is 2.80. The van der Waals surface area contributed by atoms with E-state index in [9.17, 15) is 9.59 Å². The molecule has 3 rings (SSSR count). The molecule has 0 aliphatic carbocycles. The lowest BCUT2D eigenvalue weighted by Crippen LogP contribution is -2.30. The van der Waals surface area contributed by atoms with Crippen molar-refractivity contribution in [3.8, 4) is 0 Å². The molecule has 1 saturated heterocycles. The Morgan fingerprint density at radius 1 is 1.50 bits per heavy atom. The molecule has 20 heavy (non-hydrogen) atoms. The maximum Gasteiger partial charge on any atom is 0.254 e. The summed E-state index contributed by atoms with van der Waals surface area (Å²) in [4.78, 5) is 27.8. The predicted octanol–water partition coefficient (Wildman–Crippen LogP) is 1.42. The molecular formula is C13H13BrN4O2. The molecule has 1 N–H and O–H groups in total. The summed E-state index contributed by atoms with van der Waals surface area (Å²) in [5.74, 6) is -0.107. The standard InChI is InChI=1S/C13H13BrN4O2/c14-10-6-16-18(7-10)11-2-4-17(8-11)13(20)9-1-3-15-12(19)5-9/h1,3,5-7,11H,2,4,8H2,(H,15,19). The largest absolute Gasteiger partial charge is 0.336 e. The Hall–Kier alpha value is -1.89. The molecule has 1 aliphatic heterocycles. The molecule has 1 fully saturated rings. The van der Waals surface area contributed by atoms with Crippen molar-refractivity contribution in [2.24, 2.45) is 0 Å². The number of nitrogens with one attached hydrogen (secondary N) is 1. The summed E-state index contributed by atoms with van der Waals surface area (Å²) in [6.45, 7) is 1.29. The van der Waals surface area contributed by atoms with Crippen molar-refractivity contribution >= 4 is 21.8 Å². The van der Waals surface area contributed by atoms with Crippen molar-refractivity contribution in [1.82, 2.24) is 19.7 Å². The maximum absolute atomic E-state index is 12.3. The molecule has 3 heterocycles. The van der Waals surface area contributed by atoms with Crippen molar-refractivity contribution in [3.63, 3.8) is 0 Å². The van der Waals surface area contributed by atoms with E-state index in [1.165, 1.54) is 12.3 Å². The van der Waals surface area contributed by atoms with E-state index in [4.69, 9.17) is 0 Å². The second-order valence-electron chi connectivity index (χ2n) is 4.77. The summed E-state index contributed by atoms with van der Waals surface area (Å²) in [5.41, 5.74) is 0.165. The van der Waals surface area contributed by atoms with Gasteiger partial charge in [-0.25, -0.2) is 0 Å². The number of likely N-dealkylation sites (tertiary alicyclic amines) is 1. The first-order chi connectivity index (χ1) is 9.63. The van der Waals surface area contributed by atoms with Gasteiger partial charge in [0.15, 0.2) is 0 Å². The van der Waals surface area contributed by atoms with Gasteiger partial charge in [0.1, 0.15) is 0 Å². The number of H-pyrrole nitrogens is 1. The van der Waals surface area contributed by atoms with Crippen molar-refractivity contribution in [3.05, 3.63) is 51.1 Å². The van der Waals surface area contributed by atoms with Gasteiger partial charge < -0.3 is 9.88 Å². The van der Waals surface area contributed by atoms with E-state index in [1.54, 1.807) is 17.2 Å². The molecule has 0 radical (unpaired) electrons. The zero-order valence-electron chi connectivity index (χ0n) is 10.6. The minimum atomic E-state index is -0.261. The summed E-state index contributed by atoms with van der Waals surface area (Å²) in [6, 6.07) is 3.15. The zero-order valence-corrected chi connectivity index (χ0v) is 12.2. The molecule has 2 aromatic heterocycles. The van der Waals surface area contributed by atoms with E-state index in [0.29, 0.717) is 18.7 Å². The fraction of sp³-hybridized carbons (Fsp3) is 0.308. The van der Waals surface area contributed by atoms with Crippen LogP contribution in [0.5, 0.6) is 0 Å². The van der Waals surface area contributed by atoms with Crippen LogP contribution in [-0.4, -0.2) is 38.7 Å². The van der Waals surface area contributed by atoms with Crippen LogP contribution in [0.4, 0.5) is 0 Å². The number of halogens is 1. The van der Waals surface area contributed by atoms with Crippen molar-refractivity contribution < 1.29 is 4.79 Å². The van der Waals surface area contributed by atoms with Crippen molar-refractivity contribution in [1.29, 1.82) is 0 Å². The van der Waals surface area contributed by atoms with Crippen LogP contribution in [0, 0.1) is 0 Å². The summed E-state index contributed by atoms with van der Waals surface area (Å²) >= 11 is 3.37. The Balaban J connectivity index is 1.74. The van der Waals surface area contributed by atoms with E-state index in [-0.39, 0.29) is 17.5 Å². The zero-order chi connectivity index (χ0) is 14.1. The van der Waals surface area contributed by atoms with Crippen LogP contribution in [0.3, 0.4) is 0 Å². The first-order valence-corrected chi connectivity index (χ1v) is 7.10. The van der Waals surface area contributed by atoms with E-state index < -0.39 is 0 Å². The van der Waals surface area contributed by atoms with Crippen LogP contribution in [0.25, 0.3) is 0 Å². The minimum Gasteiger partial charge on any atom is -0.336 e. The lowest BCUT2D eigenvalue weighted by Gasteiger charge is -2.16. The number of aromatic nitrogens is 3. The second-order valence-corrected chi connectivity index (χ2v) is 5.69. The number of rotatable bonds is 2. The lowest BCUT2D eigenvalue weighted by atomic mass is 10.2. The Bertz CT molecular complexity index is 693. The van der Waals surface area contributed by atoms with Gasteiger partial charge in [-0.05, 0) is 28.4 Å². The normalized spacial score (nSPS) is 18.4. The number of aromatic amines is 1. The highest BCUT2D eigenvalue weighted by atomic mass is 79.9. The third-order valence-electron chi connectivity index (χ3n) is 3.42. The molecular weight excluding hydrogens is 324 g/mol. The van der Waals surface area contributed by atoms with Gasteiger partial charge in [-0.1, -0.05) is 0 Å². The predicted molar refractivity (Wildman–Crippen MR) is 76.5 cm³/mol. The Morgan fingerprint density at radius 2 is 2.35 bits per heavy atom. The molecule has 7 heteroatoms. The van der Waals surface area contributed by atoms with Crippen molar-refractivity contribution in [2.75, 3.05) is 13.1 Å². The maximum atomic E-state index is 12.3. The number of hydrogen-bond donors (Lipinski definition) is 1. The van der Waals surface area contributed by atoms with Crippen LogP contribution in [-0.2, 0) is 0 Å². The number of amides is 1. The van der Waals surface area contributed by atoms with Gasteiger partial charge >= 0.3 is 0 Å². The number of carbonyl (C=O) groups excluding carboxylic acids is 1. The quantitative estimate of drug-likeness (QED) is 0.901. The van der Waals surface area contributed by atoms with Gasteiger partial charge in [-0.15, -0.1) is 0 Å². The van der Waals surface area contributed by atoms with Gasteiger partial charge in [-0.3, -0.25) is 14.3 Å². The number of carbonyl (C=O) groups is 1. The molecule has 0 aromatic carbocycles. The number of pyridine rings is 1. The number of hydrogen-bond acceptors (Lipinski definition) is 3. The Morgan fingerprint density at radius 3 is 3.05 bits per heavy atom. The third kappa shape index (κ3) is 2.53. The molecule has 104 valence electrons. The van der Waals surface area contributed by atoms with Crippen LogP contribution >= 0.6 is 15.9 Å². The van der Waals surface area contributed by atoms with Gasteiger partial charge in [0.05, 0.1) is 16.7 Å². The molecule has 1 atom stereocenters. The van der Waals surface area contributed by atoms with Crippen LogP contribution in [0.15, 0.2) is 40.0 Å². The van der Waals surface area contributed by atoms with E-state index in [1.807, 2.05) is 10.9 Å². The van der Waals surface area contributed by atoms with E-state index in [0.717, 1.165) is 10.9 Å². The molecule has 0 spiro atoms. The van der Waals surface area contributed by atoms with Gasteiger partial charge in [0.2, 0.25) is 5.56 Å². The topological polar surface area (TPSA) is 71.0 Å². The smallest absolute Gasteiger partial charge is 0.254 e. The molecule has 0 bridgehead atoms. The molecule has 2 aromatic rings. The monoisotopic (exact) mass is 336 g/mol. The van der Waals surface area contributed by atoms with Crippen LogP contribution in [0.1, 0.15) is 22.8 Å². The highest BCUT2D eigenvalue weighted by Gasteiger charge is 2.28. The molecule has 1 aliphatic rings. The average molecular weight is 337 g/mol. The van der Waals surface area contributed by atoms with Gasteiger partial charge in [0, 0.05) is 37.1 Å². The summed E-state index contributed by atoms with van der Waals surface area (Å²) in [5, 5.41) is 4.26. The van der Waals surface area contributed by atoms with Gasteiger partial charge in [-0.2, -0.15) is 5.10 Å². The fourth-order valence-corrected chi connectivity index (χ4v) is 2.72. The molecule has 1 amide bonds. The fourth-order valence-electron chi connectivity index (χ4n) is 2.42. The van der Waals surface area contributed by atoms with E-state index in [2.05, 4.69) is 26.0 Å². The summed E-state index contributed by atoms with van der Waals surface area (Å²) in [7, 11) is 0. The first-order valence-electron chi connectivity index (χ1n) is 6.31. The second kappa shape index (κ2) is 5.24. The highest BCUT2D eigenvalue weighted by molar-refractivity contribution is 9.10.